The van der Waals surface area contributed by atoms with Crippen molar-refractivity contribution in [3.63, 3.8) is 0 Å². The van der Waals surface area contributed by atoms with Crippen molar-refractivity contribution >= 4 is 39.1 Å². The van der Waals surface area contributed by atoms with Gasteiger partial charge in [-0.3, -0.25) is 13.9 Å². The summed E-state index contributed by atoms with van der Waals surface area (Å²) in [4.78, 5) is 28.4. The Morgan fingerprint density at radius 2 is 1.53 bits per heavy atom. The van der Waals surface area contributed by atoms with Crippen LogP contribution in [0.5, 0.6) is 0 Å². The van der Waals surface area contributed by atoms with Crippen LogP contribution in [0.4, 0.5) is 5.69 Å². The lowest BCUT2D eigenvalue weighted by atomic mass is 10.1. The van der Waals surface area contributed by atoms with Gasteiger partial charge in [0.05, 0.1) is 10.6 Å². The standard InChI is InChI=1S/C29H34ClN3O4S/c1-20(2)31-29(35)23(5)32(18-24-12-10-9-11-21(24)3)28(34)19-33(27-16-15-25(30)17-22(27)4)38(36,37)26-13-7-6-8-14-26/h6-17,20,23H,18-19H2,1-5H3,(H,31,35). The van der Waals surface area contributed by atoms with Crippen LogP contribution >= 0.6 is 11.6 Å². The highest BCUT2D eigenvalue weighted by Crippen LogP contribution is 2.29. The van der Waals surface area contributed by atoms with E-state index in [9.17, 15) is 18.0 Å². The summed E-state index contributed by atoms with van der Waals surface area (Å²) in [6.07, 6.45) is 0. The molecule has 2 amide bonds. The molecule has 3 aromatic carbocycles. The zero-order valence-electron chi connectivity index (χ0n) is 22.3. The number of benzene rings is 3. The highest BCUT2D eigenvalue weighted by molar-refractivity contribution is 7.92. The van der Waals surface area contributed by atoms with E-state index in [4.69, 9.17) is 11.6 Å². The number of nitrogens with zero attached hydrogens (tertiary/aromatic N) is 2. The molecular weight excluding hydrogens is 522 g/mol. The molecule has 0 fully saturated rings. The summed E-state index contributed by atoms with van der Waals surface area (Å²) < 4.78 is 28.8. The summed E-state index contributed by atoms with van der Waals surface area (Å²) in [5.41, 5.74) is 2.76. The zero-order chi connectivity index (χ0) is 28.0. The molecule has 9 heteroatoms. The molecule has 0 saturated heterocycles. The van der Waals surface area contributed by atoms with Gasteiger partial charge in [-0.15, -0.1) is 0 Å². The SMILES string of the molecule is Cc1ccccc1CN(C(=O)CN(c1ccc(Cl)cc1C)S(=O)(=O)c1ccccc1)C(C)C(=O)NC(C)C. The minimum atomic E-state index is -4.12. The number of hydrogen-bond donors (Lipinski definition) is 1. The molecule has 0 aromatic heterocycles. The normalized spacial score (nSPS) is 12.2. The van der Waals surface area contributed by atoms with Crippen LogP contribution in [0.3, 0.4) is 0 Å². The van der Waals surface area contributed by atoms with Crippen LogP contribution in [0, 0.1) is 13.8 Å². The van der Waals surface area contributed by atoms with E-state index < -0.39 is 28.5 Å². The smallest absolute Gasteiger partial charge is 0.264 e. The van der Waals surface area contributed by atoms with Crippen molar-refractivity contribution in [2.24, 2.45) is 0 Å². The van der Waals surface area contributed by atoms with Gasteiger partial charge in [0.1, 0.15) is 12.6 Å². The maximum Gasteiger partial charge on any atom is 0.264 e. The van der Waals surface area contributed by atoms with E-state index in [1.165, 1.54) is 17.0 Å². The zero-order valence-corrected chi connectivity index (χ0v) is 23.9. The van der Waals surface area contributed by atoms with Crippen LogP contribution < -0.4 is 9.62 Å². The molecule has 1 unspecified atom stereocenters. The average Bonchev–Trinajstić information content (AvgIpc) is 2.86. The highest BCUT2D eigenvalue weighted by Gasteiger charge is 2.33. The summed E-state index contributed by atoms with van der Waals surface area (Å²) in [6.45, 7) is 8.66. The molecule has 0 aliphatic rings. The maximum absolute atomic E-state index is 13.9. The van der Waals surface area contributed by atoms with E-state index in [1.54, 1.807) is 50.2 Å². The third-order valence-corrected chi connectivity index (χ3v) is 8.25. The van der Waals surface area contributed by atoms with Crippen LogP contribution in [0.1, 0.15) is 37.5 Å². The number of anilines is 1. The Hall–Kier alpha value is -3.36. The van der Waals surface area contributed by atoms with Crippen LogP contribution in [0.2, 0.25) is 5.02 Å². The average molecular weight is 556 g/mol. The fourth-order valence-corrected chi connectivity index (χ4v) is 5.82. The maximum atomic E-state index is 13.9. The van der Waals surface area contributed by atoms with E-state index in [2.05, 4.69) is 5.32 Å². The van der Waals surface area contributed by atoms with E-state index in [-0.39, 0.29) is 23.4 Å². The van der Waals surface area contributed by atoms with Crippen molar-refractivity contribution in [1.82, 2.24) is 10.2 Å². The van der Waals surface area contributed by atoms with Gasteiger partial charge in [-0.2, -0.15) is 0 Å². The summed E-state index contributed by atoms with van der Waals surface area (Å²) in [7, 11) is -4.12. The van der Waals surface area contributed by atoms with Crippen molar-refractivity contribution in [1.29, 1.82) is 0 Å². The first-order chi connectivity index (χ1) is 17.9. The number of amides is 2. The predicted molar refractivity (Wildman–Crippen MR) is 152 cm³/mol. The van der Waals surface area contributed by atoms with Crippen LogP contribution in [-0.4, -0.2) is 43.8 Å². The monoisotopic (exact) mass is 555 g/mol. The quantitative estimate of drug-likeness (QED) is 0.377. The molecule has 202 valence electrons. The molecule has 0 aliphatic heterocycles. The third kappa shape index (κ3) is 6.94. The molecule has 3 rings (SSSR count). The van der Waals surface area contributed by atoms with Crippen molar-refractivity contribution in [2.75, 3.05) is 10.8 Å². The lowest BCUT2D eigenvalue weighted by molar-refractivity contribution is -0.139. The summed E-state index contributed by atoms with van der Waals surface area (Å²) in [5.74, 6) is -0.824. The Morgan fingerprint density at radius 1 is 0.895 bits per heavy atom. The van der Waals surface area contributed by atoms with Crippen molar-refractivity contribution < 1.29 is 18.0 Å². The largest absolute Gasteiger partial charge is 0.352 e. The van der Waals surface area contributed by atoms with Gasteiger partial charge in [0.15, 0.2) is 0 Å². The van der Waals surface area contributed by atoms with Crippen molar-refractivity contribution in [2.45, 2.75) is 58.1 Å². The van der Waals surface area contributed by atoms with Crippen LogP contribution in [0.25, 0.3) is 0 Å². The van der Waals surface area contributed by atoms with Gasteiger partial charge in [-0.1, -0.05) is 54.1 Å². The van der Waals surface area contributed by atoms with Crippen molar-refractivity contribution in [3.8, 4) is 0 Å². The highest BCUT2D eigenvalue weighted by atomic mass is 35.5. The minimum absolute atomic E-state index is 0.0539. The first kappa shape index (κ1) is 29.2. The fourth-order valence-electron chi connectivity index (χ4n) is 4.09. The lowest BCUT2D eigenvalue weighted by Gasteiger charge is -2.33. The minimum Gasteiger partial charge on any atom is -0.352 e. The Labute approximate surface area is 230 Å². The van der Waals surface area contributed by atoms with E-state index in [0.717, 1.165) is 15.4 Å². The molecule has 0 aliphatic carbocycles. The predicted octanol–water partition coefficient (Wildman–Crippen LogP) is 5.09. The molecule has 1 atom stereocenters. The molecule has 0 heterocycles. The Balaban J connectivity index is 2.07. The summed E-state index contributed by atoms with van der Waals surface area (Å²) in [5, 5.41) is 3.31. The third-order valence-electron chi connectivity index (χ3n) is 6.24. The van der Waals surface area contributed by atoms with Gasteiger partial charge in [0, 0.05) is 17.6 Å². The van der Waals surface area contributed by atoms with Crippen LogP contribution in [0.15, 0.2) is 77.7 Å². The summed E-state index contributed by atoms with van der Waals surface area (Å²) in [6, 6.07) is 19.4. The Morgan fingerprint density at radius 3 is 2.13 bits per heavy atom. The van der Waals surface area contributed by atoms with E-state index in [0.29, 0.717) is 16.3 Å². The molecule has 7 nitrogen and oxygen atoms in total. The number of carbonyl (C=O) groups is 2. The number of halogens is 1. The molecule has 3 aromatic rings. The topological polar surface area (TPSA) is 86.8 Å². The molecule has 0 radical (unpaired) electrons. The second-order valence-corrected chi connectivity index (χ2v) is 11.8. The first-order valence-corrected chi connectivity index (χ1v) is 14.2. The number of hydrogen-bond acceptors (Lipinski definition) is 4. The molecular formula is C29H34ClN3O4S. The number of sulfonamides is 1. The Bertz CT molecular complexity index is 1390. The van der Waals surface area contributed by atoms with Crippen molar-refractivity contribution in [3.05, 3.63) is 94.5 Å². The molecule has 0 bridgehead atoms. The molecule has 1 N–H and O–H groups in total. The Kier molecular flexibility index (Phi) is 9.57. The first-order valence-electron chi connectivity index (χ1n) is 12.4. The number of aryl methyl sites for hydroxylation is 2. The number of rotatable bonds is 10. The second-order valence-electron chi connectivity index (χ2n) is 9.54. The number of carbonyl (C=O) groups excluding carboxylic acids is 2. The molecule has 0 spiro atoms. The van der Waals surface area contributed by atoms with Gasteiger partial charge in [-0.25, -0.2) is 8.42 Å². The fraction of sp³-hybridized carbons (Fsp3) is 0.310. The van der Waals surface area contributed by atoms with Gasteiger partial charge in [0.25, 0.3) is 10.0 Å². The summed E-state index contributed by atoms with van der Waals surface area (Å²) >= 11 is 6.14. The number of nitrogens with one attached hydrogen (secondary N) is 1. The van der Waals surface area contributed by atoms with Gasteiger partial charge < -0.3 is 10.2 Å². The lowest BCUT2D eigenvalue weighted by Crippen LogP contribution is -2.52. The van der Waals surface area contributed by atoms with E-state index in [1.807, 2.05) is 45.0 Å². The second kappa shape index (κ2) is 12.5. The van der Waals surface area contributed by atoms with Gasteiger partial charge >= 0.3 is 0 Å². The van der Waals surface area contributed by atoms with Crippen LogP contribution in [-0.2, 0) is 26.2 Å². The molecule has 38 heavy (non-hydrogen) atoms. The molecule has 0 saturated carbocycles. The van der Waals surface area contributed by atoms with Gasteiger partial charge in [0.2, 0.25) is 11.8 Å². The van der Waals surface area contributed by atoms with E-state index >= 15 is 0 Å². The van der Waals surface area contributed by atoms with Gasteiger partial charge in [-0.05, 0) is 81.6 Å².